The summed E-state index contributed by atoms with van der Waals surface area (Å²) in [5.74, 6) is 0. The van der Waals surface area contributed by atoms with Crippen molar-refractivity contribution in [2.75, 3.05) is 10.6 Å². The van der Waals surface area contributed by atoms with Gasteiger partial charge >= 0.3 is 0 Å². The molecule has 25 heavy (non-hydrogen) atoms. The van der Waals surface area contributed by atoms with Gasteiger partial charge in [-0.1, -0.05) is 69.6 Å². The average molecular weight is 337 g/mol. The first-order valence-electron chi connectivity index (χ1n) is 10.1. The average Bonchev–Trinajstić information content (AvgIpc) is 2.70. The number of anilines is 3. The Morgan fingerprint density at radius 1 is 0.520 bits per heavy atom. The summed E-state index contributed by atoms with van der Waals surface area (Å²) in [6.45, 7) is 0. The van der Waals surface area contributed by atoms with Gasteiger partial charge in [0.05, 0.1) is 0 Å². The van der Waals surface area contributed by atoms with E-state index in [0.29, 0.717) is 6.04 Å². The first-order valence-corrected chi connectivity index (χ1v) is 10.1. The van der Waals surface area contributed by atoms with Crippen LogP contribution in [0.1, 0.15) is 64.2 Å². The Labute approximate surface area is 153 Å². The van der Waals surface area contributed by atoms with Crippen LogP contribution in [0.2, 0.25) is 0 Å². The van der Waals surface area contributed by atoms with Crippen LogP contribution in [-0.2, 0) is 0 Å². The van der Waals surface area contributed by atoms with Crippen LogP contribution in [0.15, 0.2) is 54.6 Å². The number of rotatable bonds is 4. The second-order valence-electron chi connectivity index (χ2n) is 7.32. The van der Waals surface area contributed by atoms with Crippen molar-refractivity contribution < 1.29 is 0 Å². The van der Waals surface area contributed by atoms with Crippen LogP contribution in [0.5, 0.6) is 0 Å². The van der Waals surface area contributed by atoms with E-state index in [0.717, 1.165) is 11.4 Å². The maximum absolute atomic E-state index is 3.78. The molecule has 0 heterocycles. The van der Waals surface area contributed by atoms with Gasteiger partial charge in [0.15, 0.2) is 0 Å². The molecular formula is C23H32N2. The van der Waals surface area contributed by atoms with E-state index >= 15 is 0 Å². The third-order valence-corrected chi connectivity index (χ3v) is 5.17. The lowest BCUT2D eigenvalue weighted by Crippen LogP contribution is -2.19. The Morgan fingerprint density at radius 3 is 1.60 bits per heavy atom. The standard InChI is InChI=1S/C23H32N2/c1-2-4-6-9-13-20(12-8-5-3-1)24-22-16-18-23(19-17-22)25-21-14-10-7-11-15-21/h7,10-11,14-20,24-25H,1-6,8-9,12-13H2. The number of hydrogen-bond acceptors (Lipinski definition) is 2. The molecule has 0 aromatic heterocycles. The third-order valence-electron chi connectivity index (χ3n) is 5.17. The van der Waals surface area contributed by atoms with Crippen molar-refractivity contribution in [3.8, 4) is 0 Å². The monoisotopic (exact) mass is 336 g/mol. The summed E-state index contributed by atoms with van der Waals surface area (Å²) in [6.07, 6.45) is 13.9. The Morgan fingerprint density at radius 2 is 1.00 bits per heavy atom. The summed E-state index contributed by atoms with van der Waals surface area (Å²) in [6, 6.07) is 19.7. The smallest absolute Gasteiger partial charge is 0.0385 e. The van der Waals surface area contributed by atoms with Gasteiger partial charge in [-0.2, -0.15) is 0 Å². The third kappa shape index (κ3) is 6.45. The zero-order chi connectivity index (χ0) is 17.2. The predicted octanol–water partition coefficient (Wildman–Crippen LogP) is 7.13. The zero-order valence-corrected chi connectivity index (χ0v) is 15.3. The quantitative estimate of drug-likeness (QED) is 0.620. The molecule has 3 rings (SSSR count). The Hall–Kier alpha value is -1.96. The fourth-order valence-corrected chi connectivity index (χ4v) is 3.70. The fourth-order valence-electron chi connectivity index (χ4n) is 3.70. The van der Waals surface area contributed by atoms with E-state index < -0.39 is 0 Å². The van der Waals surface area contributed by atoms with Gasteiger partial charge in [-0.15, -0.1) is 0 Å². The molecule has 0 amide bonds. The number of benzene rings is 2. The summed E-state index contributed by atoms with van der Waals surface area (Å²) >= 11 is 0. The highest BCUT2D eigenvalue weighted by Gasteiger charge is 2.09. The molecule has 0 spiro atoms. The lowest BCUT2D eigenvalue weighted by atomic mass is 10.0. The largest absolute Gasteiger partial charge is 0.382 e. The van der Waals surface area contributed by atoms with Crippen molar-refractivity contribution in [1.82, 2.24) is 0 Å². The molecule has 0 saturated heterocycles. The van der Waals surface area contributed by atoms with Crippen LogP contribution in [0.3, 0.4) is 0 Å². The lowest BCUT2D eigenvalue weighted by Gasteiger charge is -2.20. The van der Waals surface area contributed by atoms with Crippen LogP contribution in [-0.4, -0.2) is 6.04 Å². The number of para-hydroxylation sites is 1. The Bertz CT molecular complexity index is 579. The Kier molecular flexibility index (Phi) is 7.23. The normalized spacial score (nSPS) is 17.4. The minimum Gasteiger partial charge on any atom is -0.382 e. The first kappa shape index (κ1) is 17.8. The summed E-state index contributed by atoms with van der Waals surface area (Å²) in [7, 11) is 0. The Balaban J connectivity index is 1.53. The van der Waals surface area contributed by atoms with Gasteiger partial charge in [-0.3, -0.25) is 0 Å². The van der Waals surface area contributed by atoms with Gasteiger partial charge in [-0.25, -0.2) is 0 Å². The van der Waals surface area contributed by atoms with Crippen LogP contribution in [0, 0.1) is 0 Å². The van der Waals surface area contributed by atoms with E-state index in [1.54, 1.807) is 0 Å². The first-order chi connectivity index (χ1) is 12.4. The van der Waals surface area contributed by atoms with E-state index in [1.807, 2.05) is 6.07 Å². The fraction of sp³-hybridized carbons (Fsp3) is 0.478. The van der Waals surface area contributed by atoms with Crippen LogP contribution >= 0.6 is 0 Å². The highest BCUT2D eigenvalue weighted by molar-refractivity contribution is 5.62. The SMILES string of the molecule is c1ccc(Nc2ccc(NC3CCCCCCCCCC3)cc2)cc1. The van der Waals surface area contributed by atoms with Gasteiger partial charge < -0.3 is 10.6 Å². The topological polar surface area (TPSA) is 24.1 Å². The molecule has 2 aromatic rings. The number of nitrogens with one attached hydrogen (secondary N) is 2. The highest BCUT2D eigenvalue weighted by atomic mass is 14.9. The molecule has 2 heteroatoms. The second-order valence-corrected chi connectivity index (χ2v) is 7.32. The molecule has 0 unspecified atom stereocenters. The molecule has 0 radical (unpaired) electrons. The maximum atomic E-state index is 3.78. The zero-order valence-electron chi connectivity index (χ0n) is 15.3. The molecule has 0 bridgehead atoms. The molecule has 1 aliphatic rings. The van der Waals surface area contributed by atoms with E-state index in [2.05, 4.69) is 59.2 Å². The molecular weight excluding hydrogens is 304 g/mol. The van der Waals surface area contributed by atoms with Crippen LogP contribution in [0.4, 0.5) is 17.1 Å². The summed E-state index contributed by atoms with van der Waals surface area (Å²) < 4.78 is 0. The number of hydrogen-bond donors (Lipinski definition) is 2. The van der Waals surface area contributed by atoms with Crippen molar-refractivity contribution in [1.29, 1.82) is 0 Å². The van der Waals surface area contributed by atoms with Crippen LogP contribution < -0.4 is 10.6 Å². The van der Waals surface area contributed by atoms with E-state index in [1.165, 1.54) is 69.9 Å². The van der Waals surface area contributed by atoms with Gasteiger partial charge in [0, 0.05) is 23.1 Å². The molecule has 1 saturated carbocycles. The molecule has 2 N–H and O–H groups in total. The molecule has 1 fully saturated rings. The lowest BCUT2D eigenvalue weighted by molar-refractivity contribution is 0.535. The summed E-state index contributed by atoms with van der Waals surface area (Å²) in [5, 5.41) is 7.23. The summed E-state index contributed by atoms with van der Waals surface area (Å²) in [5.41, 5.74) is 3.52. The van der Waals surface area contributed by atoms with Crippen molar-refractivity contribution in [2.24, 2.45) is 0 Å². The van der Waals surface area contributed by atoms with Crippen molar-refractivity contribution in [3.63, 3.8) is 0 Å². The molecule has 2 aromatic carbocycles. The molecule has 0 atom stereocenters. The van der Waals surface area contributed by atoms with Gasteiger partial charge in [0.25, 0.3) is 0 Å². The van der Waals surface area contributed by atoms with E-state index in [4.69, 9.17) is 0 Å². The van der Waals surface area contributed by atoms with E-state index in [-0.39, 0.29) is 0 Å². The predicted molar refractivity (Wildman–Crippen MR) is 110 cm³/mol. The molecule has 134 valence electrons. The van der Waals surface area contributed by atoms with Crippen molar-refractivity contribution >= 4 is 17.1 Å². The molecule has 0 aliphatic heterocycles. The van der Waals surface area contributed by atoms with Gasteiger partial charge in [0.2, 0.25) is 0 Å². The van der Waals surface area contributed by atoms with Crippen molar-refractivity contribution in [3.05, 3.63) is 54.6 Å². The van der Waals surface area contributed by atoms with Crippen LogP contribution in [0.25, 0.3) is 0 Å². The maximum Gasteiger partial charge on any atom is 0.0385 e. The van der Waals surface area contributed by atoms with Gasteiger partial charge in [-0.05, 0) is 49.2 Å². The highest BCUT2D eigenvalue weighted by Crippen LogP contribution is 2.22. The van der Waals surface area contributed by atoms with Gasteiger partial charge in [0.1, 0.15) is 0 Å². The molecule has 1 aliphatic carbocycles. The summed E-state index contributed by atoms with van der Waals surface area (Å²) in [4.78, 5) is 0. The second kappa shape index (κ2) is 10.1. The minimum atomic E-state index is 0.631. The molecule has 2 nitrogen and oxygen atoms in total. The minimum absolute atomic E-state index is 0.631. The van der Waals surface area contributed by atoms with Crippen molar-refractivity contribution in [2.45, 2.75) is 70.3 Å². The van der Waals surface area contributed by atoms with E-state index in [9.17, 15) is 0 Å².